The van der Waals surface area contributed by atoms with Crippen LogP contribution in [0.25, 0.3) is 0 Å². The van der Waals surface area contributed by atoms with Gasteiger partial charge in [-0.15, -0.1) is 0 Å². The fourth-order valence-electron chi connectivity index (χ4n) is 6.34. The van der Waals surface area contributed by atoms with Crippen LogP contribution >= 0.6 is 0 Å². The maximum atomic E-state index is 10.5. The van der Waals surface area contributed by atoms with E-state index in [9.17, 15) is 5.11 Å². The molecule has 0 aromatic carbocycles. The highest BCUT2D eigenvalue weighted by Crippen LogP contribution is 2.61. The summed E-state index contributed by atoms with van der Waals surface area (Å²) in [6.07, 6.45) is 14.5. The smallest absolute Gasteiger partial charge is 0.0611 e. The van der Waals surface area contributed by atoms with Gasteiger partial charge in [-0.1, -0.05) is 25.0 Å². The van der Waals surface area contributed by atoms with E-state index in [4.69, 9.17) is 0 Å². The minimum atomic E-state index is -0.0291. The lowest BCUT2D eigenvalue weighted by molar-refractivity contribution is -0.0382. The van der Waals surface area contributed by atoms with Crippen molar-refractivity contribution in [3.05, 3.63) is 11.6 Å². The minimum Gasteiger partial charge on any atom is -0.392 e. The van der Waals surface area contributed by atoms with Crippen LogP contribution in [0.1, 0.15) is 64.7 Å². The Labute approximate surface area is 117 Å². The predicted molar refractivity (Wildman–Crippen MR) is 77.7 cm³/mol. The van der Waals surface area contributed by atoms with E-state index in [1.807, 2.05) is 0 Å². The maximum Gasteiger partial charge on any atom is 0.0611 e. The molecular weight excluding hydrogens is 232 g/mol. The lowest BCUT2D eigenvalue weighted by atomic mass is 9.52. The zero-order valence-corrected chi connectivity index (χ0v) is 12.3. The van der Waals surface area contributed by atoms with Gasteiger partial charge in [-0.25, -0.2) is 0 Å². The second-order valence-corrected chi connectivity index (χ2v) is 8.01. The summed E-state index contributed by atoms with van der Waals surface area (Å²) in [7, 11) is 0. The first-order chi connectivity index (χ1) is 9.19. The highest BCUT2D eigenvalue weighted by molar-refractivity contribution is 5.19. The van der Waals surface area contributed by atoms with Gasteiger partial charge in [0.25, 0.3) is 0 Å². The summed E-state index contributed by atoms with van der Waals surface area (Å²) in [5, 5.41) is 10.5. The molecule has 4 rings (SSSR count). The Balaban J connectivity index is 1.65. The molecule has 3 saturated carbocycles. The molecule has 106 valence electrons. The first-order valence-electron chi connectivity index (χ1n) is 8.56. The van der Waals surface area contributed by atoms with Crippen molar-refractivity contribution >= 4 is 0 Å². The highest BCUT2D eigenvalue weighted by Gasteiger charge is 2.53. The van der Waals surface area contributed by atoms with Crippen LogP contribution in [0.15, 0.2) is 11.6 Å². The molecule has 0 heterocycles. The Morgan fingerprint density at radius 1 is 1.11 bits per heavy atom. The zero-order chi connectivity index (χ0) is 13.0. The van der Waals surface area contributed by atoms with Crippen molar-refractivity contribution in [2.24, 2.45) is 29.1 Å². The third-order valence-electron chi connectivity index (χ3n) is 7.21. The number of rotatable bonds is 0. The summed E-state index contributed by atoms with van der Waals surface area (Å²) in [6, 6.07) is 0. The highest BCUT2D eigenvalue weighted by atomic mass is 16.3. The molecule has 0 amide bonds. The minimum absolute atomic E-state index is 0.0291. The molecule has 0 radical (unpaired) electrons. The second kappa shape index (κ2) is 4.35. The molecule has 1 unspecified atom stereocenters. The maximum absolute atomic E-state index is 10.5. The predicted octanol–water partition coefficient (Wildman–Crippen LogP) is 4.31. The van der Waals surface area contributed by atoms with Crippen molar-refractivity contribution in [2.45, 2.75) is 70.8 Å². The molecule has 0 bridgehead atoms. The molecule has 0 aliphatic heterocycles. The molecule has 0 spiro atoms. The third-order valence-corrected chi connectivity index (χ3v) is 7.21. The molecule has 0 saturated heterocycles. The van der Waals surface area contributed by atoms with Gasteiger partial charge < -0.3 is 5.11 Å². The number of hydrogen-bond acceptors (Lipinski definition) is 1. The average molecular weight is 260 g/mol. The Hall–Kier alpha value is -0.300. The third kappa shape index (κ3) is 1.77. The zero-order valence-electron chi connectivity index (χ0n) is 12.3. The summed E-state index contributed by atoms with van der Waals surface area (Å²) in [5.74, 6) is 3.25. The first-order valence-corrected chi connectivity index (χ1v) is 8.56. The van der Waals surface area contributed by atoms with E-state index >= 15 is 0 Å². The summed E-state index contributed by atoms with van der Waals surface area (Å²) < 4.78 is 0. The molecule has 1 N–H and O–H groups in total. The van der Waals surface area contributed by atoms with Gasteiger partial charge in [0, 0.05) is 5.92 Å². The van der Waals surface area contributed by atoms with E-state index in [-0.39, 0.29) is 6.10 Å². The van der Waals surface area contributed by atoms with Crippen molar-refractivity contribution in [3.63, 3.8) is 0 Å². The van der Waals surface area contributed by atoms with Crippen LogP contribution in [0.4, 0.5) is 0 Å². The normalized spacial score (nSPS) is 52.9. The van der Waals surface area contributed by atoms with Crippen LogP contribution in [0.5, 0.6) is 0 Å². The number of fused-ring (bicyclic) bond motifs is 5. The molecule has 1 heteroatoms. The Bertz CT molecular complexity index is 398. The number of aliphatic hydroxyl groups is 1. The second-order valence-electron chi connectivity index (χ2n) is 8.01. The quantitative estimate of drug-likeness (QED) is 0.643. The summed E-state index contributed by atoms with van der Waals surface area (Å²) in [5.41, 5.74) is 2.28. The molecule has 4 aliphatic carbocycles. The van der Waals surface area contributed by atoms with Crippen LogP contribution in [0.2, 0.25) is 0 Å². The van der Waals surface area contributed by atoms with Gasteiger partial charge in [0.2, 0.25) is 0 Å². The van der Waals surface area contributed by atoms with E-state index in [1.165, 1.54) is 44.9 Å². The van der Waals surface area contributed by atoms with Crippen molar-refractivity contribution in [1.29, 1.82) is 0 Å². The lowest BCUT2D eigenvalue weighted by Crippen LogP contribution is -2.47. The van der Waals surface area contributed by atoms with Gasteiger partial charge in [-0.2, -0.15) is 0 Å². The number of allylic oxidation sites excluding steroid dienone is 1. The van der Waals surface area contributed by atoms with Gasteiger partial charge in [0.1, 0.15) is 0 Å². The number of hydrogen-bond donors (Lipinski definition) is 1. The summed E-state index contributed by atoms with van der Waals surface area (Å²) in [6.45, 7) is 2.56. The standard InChI is InChI=1S/C18H28O/c1-18-10-3-5-15(18)13-8-7-12-4-2-6-16(19)17(12)14(13)9-11-18/h4,13-17,19H,2-3,5-11H2,1H3/t13-,14+,15+,16?,17+,18+/m1/s1. The lowest BCUT2D eigenvalue weighted by Gasteiger charge is -2.53. The van der Waals surface area contributed by atoms with E-state index in [0.29, 0.717) is 11.3 Å². The van der Waals surface area contributed by atoms with Gasteiger partial charge in [0.05, 0.1) is 6.10 Å². The molecule has 0 aromatic rings. The van der Waals surface area contributed by atoms with Crippen molar-refractivity contribution < 1.29 is 5.11 Å². The van der Waals surface area contributed by atoms with Gasteiger partial charge in [0.15, 0.2) is 0 Å². The van der Waals surface area contributed by atoms with E-state index in [2.05, 4.69) is 13.0 Å². The molecule has 1 nitrogen and oxygen atoms in total. The Kier molecular flexibility index (Phi) is 2.85. The molecule has 4 aliphatic rings. The average Bonchev–Trinajstić information content (AvgIpc) is 2.80. The van der Waals surface area contributed by atoms with Crippen LogP contribution in [-0.2, 0) is 0 Å². The van der Waals surface area contributed by atoms with E-state index in [1.54, 1.807) is 5.57 Å². The van der Waals surface area contributed by atoms with Crippen LogP contribution in [0.3, 0.4) is 0 Å². The van der Waals surface area contributed by atoms with Gasteiger partial charge in [-0.05, 0) is 74.5 Å². The first kappa shape index (κ1) is 12.4. The van der Waals surface area contributed by atoms with E-state index < -0.39 is 0 Å². The molecule has 0 aromatic heterocycles. The molecule has 3 fully saturated rings. The van der Waals surface area contributed by atoms with Crippen molar-refractivity contribution in [2.75, 3.05) is 0 Å². The van der Waals surface area contributed by atoms with Crippen molar-refractivity contribution in [1.82, 2.24) is 0 Å². The fraction of sp³-hybridized carbons (Fsp3) is 0.889. The van der Waals surface area contributed by atoms with Crippen LogP contribution in [-0.4, -0.2) is 11.2 Å². The van der Waals surface area contributed by atoms with Gasteiger partial charge in [-0.3, -0.25) is 0 Å². The summed E-state index contributed by atoms with van der Waals surface area (Å²) in [4.78, 5) is 0. The monoisotopic (exact) mass is 260 g/mol. The van der Waals surface area contributed by atoms with Crippen LogP contribution < -0.4 is 0 Å². The summed E-state index contributed by atoms with van der Waals surface area (Å²) >= 11 is 0. The van der Waals surface area contributed by atoms with Crippen molar-refractivity contribution in [3.8, 4) is 0 Å². The molecule has 19 heavy (non-hydrogen) atoms. The van der Waals surface area contributed by atoms with Crippen LogP contribution in [0, 0.1) is 29.1 Å². The Morgan fingerprint density at radius 3 is 2.89 bits per heavy atom. The Morgan fingerprint density at radius 2 is 2.00 bits per heavy atom. The largest absolute Gasteiger partial charge is 0.392 e. The molecular formula is C18H28O. The topological polar surface area (TPSA) is 20.2 Å². The number of aliphatic hydroxyl groups excluding tert-OH is 1. The molecule has 6 atom stereocenters. The van der Waals surface area contributed by atoms with Gasteiger partial charge >= 0.3 is 0 Å². The fourth-order valence-corrected chi connectivity index (χ4v) is 6.34. The SMILES string of the molecule is C[C@@]12CCC[C@H]1[C@@H]1CCC3=CCCC(O)[C@@H]3[C@H]1CC2. The van der Waals surface area contributed by atoms with E-state index in [0.717, 1.165) is 30.6 Å².